The number of fused-ring (bicyclic) bond motifs is 1. The van der Waals surface area contributed by atoms with Crippen LogP contribution in [0.15, 0.2) is 30.6 Å². The van der Waals surface area contributed by atoms with E-state index < -0.39 is 0 Å². The molecule has 1 N–H and O–H groups in total. The molecule has 3 aromatic rings. The first-order chi connectivity index (χ1) is 12.0. The summed E-state index contributed by atoms with van der Waals surface area (Å²) in [5.74, 6) is 0. The van der Waals surface area contributed by atoms with Gasteiger partial charge in [-0.05, 0) is 37.6 Å². The van der Waals surface area contributed by atoms with Gasteiger partial charge in [-0.1, -0.05) is 17.7 Å². The molecule has 0 bridgehead atoms. The molecule has 3 heterocycles. The number of H-pyrrole nitrogens is 1. The first kappa shape index (κ1) is 16.6. The van der Waals surface area contributed by atoms with E-state index in [9.17, 15) is 0 Å². The lowest BCUT2D eigenvalue weighted by Crippen LogP contribution is -2.45. The SMILES string of the molecule is CC1CN(c2ccc3c(-c4nc(Cl)ncc4Cl)c[nH]c3c2)CC(C)O1. The number of rotatable bonds is 2. The number of hydrogen-bond donors (Lipinski definition) is 1. The number of anilines is 1. The summed E-state index contributed by atoms with van der Waals surface area (Å²) in [5, 5.41) is 1.71. The van der Waals surface area contributed by atoms with Gasteiger partial charge in [0.25, 0.3) is 0 Å². The van der Waals surface area contributed by atoms with Crippen LogP contribution in [0.3, 0.4) is 0 Å². The fourth-order valence-electron chi connectivity index (χ4n) is 3.43. The highest BCUT2D eigenvalue weighted by Crippen LogP contribution is 2.34. The molecule has 0 spiro atoms. The number of hydrogen-bond acceptors (Lipinski definition) is 4. The Bertz CT molecular complexity index is 917. The van der Waals surface area contributed by atoms with E-state index in [-0.39, 0.29) is 17.5 Å². The van der Waals surface area contributed by atoms with E-state index in [1.165, 1.54) is 11.9 Å². The van der Waals surface area contributed by atoms with Crippen LogP contribution in [0.25, 0.3) is 22.2 Å². The topological polar surface area (TPSA) is 54.0 Å². The number of benzene rings is 1. The molecular formula is C18H18Cl2N4O. The zero-order chi connectivity index (χ0) is 17.6. The summed E-state index contributed by atoms with van der Waals surface area (Å²) in [4.78, 5) is 13.9. The van der Waals surface area contributed by atoms with E-state index in [1.54, 1.807) is 0 Å². The molecule has 2 atom stereocenters. The lowest BCUT2D eigenvalue weighted by atomic mass is 10.1. The van der Waals surface area contributed by atoms with Crippen molar-refractivity contribution < 1.29 is 4.74 Å². The quantitative estimate of drug-likeness (QED) is 0.666. The van der Waals surface area contributed by atoms with E-state index in [1.807, 2.05) is 6.20 Å². The molecule has 2 aromatic heterocycles. The summed E-state index contributed by atoms with van der Waals surface area (Å²) in [5.41, 5.74) is 3.76. The monoisotopic (exact) mass is 376 g/mol. The molecule has 2 unspecified atom stereocenters. The fourth-order valence-corrected chi connectivity index (χ4v) is 3.76. The summed E-state index contributed by atoms with van der Waals surface area (Å²) < 4.78 is 5.82. The van der Waals surface area contributed by atoms with Gasteiger partial charge in [-0.2, -0.15) is 0 Å². The zero-order valence-electron chi connectivity index (χ0n) is 14.0. The molecule has 1 aliphatic heterocycles. The fraction of sp³-hybridized carbons (Fsp3) is 0.333. The summed E-state index contributed by atoms with van der Waals surface area (Å²) in [7, 11) is 0. The molecule has 7 heteroatoms. The van der Waals surface area contributed by atoms with Gasteiger partial charge in [0.05, 0.1) is 29.1 Å². The first-order valence-electron chi connectivity index (χ1n) is 8.21. The van der Waals surface area contributed by atoms with Crippen molar-refractivity contribution in [3.05, 3.63) is 40.9 Å². The van der Waals surface area contributed by atoms with Crippen LogP contribution in [0, 0.1) is 0 Å². The summed E-state index contributed by atoms with van der Waals surface area (Å²) >= 11 is 12.2. The van der Waals surface area contributed by atoms with Gasteiger partial charge in [-0.25, -0.2) is 9.97 Å². The van der Waals surface area contributed by atoms with E-state index in [2.05, 4.69) is 51.9 Å². The van der Waals surface area contributed by atoms with Crippen LogP contribution >= 0.6 is 23.2 Å². The number of halogens is 2. The van der Waals surface area contributed by atoms with Crippen molar-refractivity contribution >= 4 is 39.8 Å². The Hall–Kier alpha value is -1.82. The third-order valence-electron chi connectivity index (χ3n) is 4.42. The van der Waals surface area contributed by atoms with Crippen LogP contribution in [0.4, 0.5) is 5.69 Å². The van der Waals surface area contributed by atoms with E-state index in [0.717, 1.165) is 29.6 Å². The molecule has 5 nitrogen and oxygen atoms in total. The van der Waals surface area contributed by atoms with E-state index in [4.69, 9.17) is 27.9 Å². The van der Waals surface area contributed by atoms with Crippen LogP contribution in [0.2, 0.25) is 10.3 Å². The number of ether oxygens (including phenoxy) is 1. The maximum absolute atomic E-state index is 6.25. The second kappa shape index (κ2) is 6.48. The van der Waals surface area contributed by atoms with Gasteiger partial charge in [0.15, 0.2) is 0 Å². The maximum atomic E-state index is 6.25. The Morgan fingerprint density at radius 2 is 1.96 bits per heavy atom. The van der Waals surface area contributed by atoms with Crippen LogP contribution < -0.4 is 4.90 Å². The van der Waals surface area contributed by atoms with Gasteiger partial charge in [0.2, 0.25) is 5.28 Å². The normalized spacial score (nSPS) is 21.0. The van der Waals surface area contributed by atoms with Gasteiger partial charge < -0.3 is 14.6 Å². The largest absolute Gasteiger partial charge is 0.372 e. The smallest absolute Gasteiger partial charge is 0.222 e. The summed E-state index contributed by atoms with van der Waals surface area (Å²) in [6.07, 6.45) is 3.88. The van der Waals surface area contributed by atoms with Crippen molar-refractivity contribution in [1.29, 1.82) is 0 Å². The minimum atomic E-state index is 0.182. The molecule has 130 valence electrons. The number of nitrogens with one attached hydrogen (secondary N) is 1. The third kappa shape index (κ3) is 3.19. The molecule has 0 aliphatic carbocycles. The molecule has 0 radical (unpaired) electrons. The molecule has 0 amide bonds. The Labute approximate surface area is 155 Å². The molecule has 1 aromatic carbocycles. The van der Waals surface area contributed by atoms with Crippen molar-refractivity contribution in [3.8, 4) is 11.3 Å². The summed E-state index contributed by atoms with van der Waals surface area (Å²) in [6.45, 7) is 5.98. The third-order valence-corrected chi connectivity index (χ3v) is 4.88. The predicted molar refractivity (Wildman–Crippen MR) is 102 cm³/mol. The Balaban J connectivity index is 1.73. The second-order valence-corrected chi connectivity index (χ2v) is 7.18. The molecule has 25 heavy (non-hydrogen) atoms. The van der Waals surface area contributed by atoms with Gasteiger partial charge in [-0.3, -0.25) is 0 Å². The second-order valence-electron chi connectivity index (χ2n) is 6.43. The number of nitrogens with zero attached hydrogens (tertiary/aromatic N) is 3. The predicted octanol–water partition coefficient (Wildman–Crippen LogP) is 4.55. The number of morpholine rings is 1. The van der Waals surface area contributed by atoms with Gasteiger partial charge in [-0.15, -0.1) is 0 Å². The maximum Gasteiger partial charge on any atom is 0.222 e. The molecule has 0 saturated carbocycles. The van der Waals surface area contributed by atoms with Crippen molar-refractivity contribution in [1.82, 2.24) is 15.0 Å². The van der Waals surface area contributed by atoms with Gasteiger partial charge in [0.1, 0.15) is 0 Å². The van der Waals surface area contributed by atoms with Crippen LogP contribution in [-0.4, -0.2) is 40.2 Å². The highest BCUT2D eigenvalue weighted by Gasteiger charge is 2.23. The zero-order valence-corrected chi connectivity index (χ0v) is 15.5. The van der Waals surface area contributed by atoms with Crippen molar-refractivity contribution in [3.63, 3.8) is 0 Å². The Morgan fingerprint density at radius 3 is 2.72 bits per heavy atom. The number of aromatic nitrogens is 3. The van der Waals surface area contributed by atoms with Crippen molar-refractivity contribution in [2.45, 2.75) is 26.1 Å². The van der Waals surface area contributed by atoms with Gasteiger partial charge >= 0.3 is 0 Å². The van der Waals surface area contributed by atoms with E-state index in [0.29, 0.717) is 10.7 Å². The Morgan fingerprint density at radius 1 is 1.20 bits per heavy atom. The standard InChI is InChI=1S/C18H18Cl2N4O/c1-10-8-24(9-11(2)25-10)12-3-4-13-14(6-21-16(13)5-12)17-15(19)7-22-18(20)23-17/h3-7,10-11,21H,8-9H2,1-2H3. The van der Waals surface area contributed by atoms with Crippen LogP contribution in [0.5, 0.6) is 0 Å². The van der Waals surface area contributed by atoms with E-state index >= 15 is 0 Å². The average molecular weight is 377 g/mol. The number of aromatic amines is 1. The highest BCUT2D eigenvalue weighted by atomic mass is 35.5. The van der Waals surface area contributed by atoms with Crippen molar-refractivity contribution in [2.24, 2.45) is 0 Å². The van der Waals surface area contributed by atoms with Crippen LogP contribution in [0.1, 0.15) is 13.8 Å². The molecular weight excluding hydrogens is 359 g/mol. The van der Waals surface area contributed by atoms with Crippen molar-refractivity contribution in [2.75, 3.05) is 18.0 Å². The molecule has 4 rings (SSSR count). The minimum absolute atomic E-state index is 0.182. The summed E-state index contributed by atoms with van der Waals surface area (Å²) in [6, 6.07) is 6.37. The molecule has 1 aliphatic rings. The minimum Gasteiger partial charge on any atom is -0.372 e. The van der Waals surface area contributed by atoms with Gasteiger partial charge in [0, 0.05) is 41.4 Å². The lowest BCUT2D eigenvalue weighted by Gasteiger charge is -2.36. The first-order valence-corrected chi connectivity index (χ1v) is 8.97. The molecule has 1 fully saturated rings. The molecule has 1 saturated heterocycles. The average Bonchev–Trinajstić information content (AvgIpc) is 2.99. The lowest BCUT2D eigenvalue weighted by molar-refractivity contribution is -0.00521. The Kier molecular flexibility index (Phi) is 4.31. The van der Waals surface area contributed by atoms with Crippen LogP contribution in [-0.2, 0) is 4.74 Å². The highest BCUT2D eigenvalue weighted by molar-refractivity contribution is 6.34.